The Balaban J connectivity index is 1.48. The molecule has 22 heavy (non-hydrogen) atoms. The van der Waals surface area contributed by atoms with E-state index < -0.39 is 0 Å². The predicted molar refractivity (Wildman–Crippen MR) is 88.9 cm³/mol. The Kier molecular flexibility index (Phi) is 4.62. The quantitative estimate of drug-likeness (QED) is 0.878. The second-order valence-electron chi connectivity index (χ2n) is 6.74. The van der Waals surface area contributed by atoms with Crippen molar-refractivity contribution in [2.45, 2.75) is 51.6 Å². The summed E-state index contributed by atoms with van der Waals surface area (Å²) in [7, 11) is 0. The third-order valence-electron chi connectivity index (χ3n) is 4.59. The molecular weight excluding hydrogens is 276 g/mol. The van der Waals surface area contributed by atoms with Gasteiger partial charge in [0.15, 0.2) is 0 Å². The van der Waals surface area contributed by atoms with Crippen LogP contribution >= 0.6 is 0 Å². The molecule has 0 atom stereocenters. The molecule has 1 aliphatic carbocycles. The molecule has 2 heterocycles. The van der Waals surface area contributed by atoms with Crippen molar-refractivity contribution in [3.8, 4) is 0 Å². The fraction of sp³-hybridized carbons (Fsp3) is 0.647. The highest BCUT2D eigenvalue weighted by Crippen LogP contribution is 2.30. The molecule has 5 nitrogen and oxygen atoms in total. The standard InChI is InChI=1S/C17H26N4O/c1-12(2)21-9-7-14(8-10-21)19-15-5-6-16(18-11-15)20-17(22)13-3-4-13/h5-6,11-14,19H,3-4,7-10H2,1-2H3,(H,18,20,22). The maximum absolute atomic E-state index is 11.7. The van der Waals surface area contributed by atoms with Gasteiger partial charge in [0.05, 0.1) is 11.9 Å². The van der Waals surface area contributed by atoms with E-state index >= 15 is 0 Å². The Hall–Kier alpha value is -1.62. The number of hydrogen-bond donors (Lipinski definition) is 2. The van der Waals surface area contributed by atoms with Gasteiger partial charge in [0, 0.05) is 31.1 Å². The summed E-state index contributed by atoms with van der Waals surface area (Å²) in [6.45, 7) is 6.81. The number of carbonyl (C=O) groups is 1. The van der Waals surface area contributed by atoms with Crippen LogP contribution in [0.4, 0.5) is 11.5 Å². The van der Waals surface area contributed by atoms with Gasteiger partial charge in [-0.15, -0.1) is 0 Å². The van der Waals surface area contributed by atoms with Crippen LogP contribution in [-0.4, -0.2) is 41.0 Å². The normalized spacial score (nSPS) is 20.1. The van der Waals surface area contributed by atoms with E-state index in [4.69, 9.17) is 0 Å². The molecule has 0 spiro atoms. The Labute approximate surface area is 132 Å². The summed E-state index contributed by atoms with van der Waals surface area (Å²) in [5.74, 6) is 0.970. The minimum Gasteiger partial charge on any atom is -0.381 e. The van der Waals surface area contributed by atoms with E-state index in [1.165, 1.54) is 12.8 Å². The number of pyridine rings is 1. The second kappa shape index (κ2) is 6.65. The zero-order chi connectivity index (χ0) is 15.5. The lowest BCUT2D eigenvalue weighted by Crippen LogP contribution is -2.42. The van der Waals surface area contributed by atoms with Crippen molar-refractivity contribution in [3.05, 3.63) is 18.3 Å². The molecule has 2 N–H and O–H groups in total. The van der Waals surface area contributed by atoms with Crippen molar-refractivity contribution in [1.82, 2.24) is 9.88 Å². The number of hydrogen-bond acceptors (Lipinski definition) is 4. The topological polar surface area (TPSA) is 57.3 Å². The fourth-order valence-electron chi connectivity index (χ4n) is 2.92. The molecule has 3 rings (SSSR count). The van der Waals surface area contributed by atoms with Gasteiger partial charge in [0.1, 0.15) is 5.82 Å². The summed E-state index contributed by atoms with van der Waals surface area (Å²) in [5, 5.41) is 6.42. The summed E-state index contributed by atoms with van der Waals surface area (Å²) in [5.41, 5.74) is 1.03. The molecule has 2 aliphatic rings. The number of nitrogens with one attached hydrogen (secondary N) is 2. The first-order valence-corrected chi connectivity index (χ1v) is 8.39. The van der Waals surface area contributed by atoms with Crippen molar-refractivity contribution in [3.63, 3.8) is 0 Å². The van der Waals surface area contributed by atoms with Crippen LogP contribution in [0, 0.1) is 5.92 Å². The third-order valence-corrected chi connectivity index (χ3v) is 4.59. The number of rotatable bonds is 5. The van der Waals surface area contributed by atoms with Gasteiger partial charge in [-0.2, -0.15) is 0 Å². The highest BCUT2D eigenvalue weighted by molar-refractivity contribution is 5.93. The molecule has 0 radical (unpaired) electrons. The Morgan fingerprint density at radius 2 is 1.95 bits per heavy atom. The fourth-order valence-corrected chi connectivity index (χ4v) is 2.92. The van der Waals surface area contributed by atoms with Crippen molar-refractivity contribution in [2.24, 2.45) is 5.92 Å². The number of amides is 1. The first-order valence-electron chi connectivity index (χ1n) is 8.39. The van der Waals surface area contributed by atoms with Gasteiger partial charge < -0.3 is 15.5 Å². The zero-order valence-electron chi connectivity index (χ0n) is 13.5. The smallest absolute Gasteiger partial charge is 0.228 e. The summed E-state index contributed by atoms with van der Waals surface area (Å²) in [4.78, 5) is 18.5. The van der Waals surface area contributed by atoms with Crippen LogP contribution < -0.4 is 10.6 Å². The molecule has 2 fully saturated rings. The lowest BCUT2D eigenvalue weighted by molar-refractivity contribution is -0.117. The monoisotopic (exact) mass is 302 g/mol. The maximum atomic E-state index is 11.7. The number of aromatic nitrogens is 1. The third kappa shape index (κ3) is 3.97. The second-order valence-corrected chi connectivity index (χ2v) is 6.74. The van der Waals surface area contributed by atoms with E-state index in [2.05, 4.69) is 34.4 Å². The molecule has 0 bridgehead atoms. The Morgan fingerprint density at radius 1 is 1.23 bits per heavy atom. The maximum Gasteiger partial charge on any atom is 0.228 e. The molecule has 0 aromatic carbocycles. The van der Waals surface area contributed by atoms with E-state index in [9.17, 15) is 4.79 Å². The van der Waals surface area contributed by atoms with Crippen LogP contribution in [0.5, 0.6) is 0 Å². The first kappa shape index (κ1) is 15.3. The summed E-state index contributed by atoms with van der Waals surface area (Å²) in [6.07, 6.45) is 6.18. The molecule has 1 saturated carbocycles. The van der Waals surface area contributed by atoms with E-state index in [0.29, 0.717) is 17.9 Å². The van der Waals surface area contributed by atoms with E-state index in [1.807, 2.05) is 18.3 Å². The van der Waals surface area contributed by atoms with Gasteiger partial charge in [0.25, 0.3) is 0 Å². The van der Waals surface area contributed by atoms with E-state index in [-0.39, 0.29) is 11.8 Å². The average molecular weight is 302 g/mol. The molecular formula is C17H26N4O. The van der Waals surface area contributed by atoms with Crippen LogP contribution in [0.2, 0.25) is 0 Å². The minimum atomic E-state index is 0.106. The minimum absolute atomic E-state index is 0.106. The molecule has 1 amide bonds. The number of likely N-dealkylation sites (tertiary alicyclic amines) is 1. The molecule has 5 heteroatoms. The number of piperidine rings is 1. The number of anilines is 2. The lowest BCUT2D eigenvalue weighted by atomic mass is 10.0. The van der Waals surface area contributed by atoms with Crippen LogP contribution in [0.1, 0.15) is 39.5 Å². The summed E-state index contributed by atoms with van der Waals surface area (Å²) in [6, 6.07) is 5.04. The van der Waals surface area contributed by atoms with Crippen molar-refractivity contribution >= 4 is 17.4 Å². The first-order chi connectivity index (χ1) is 10.6. The van der Waals surface area contributed by atoms with Crippen LogP contribution in [0.15, 0.2) is 18.3 Å². The zero-order valence-corrected chi connectivity index (χ0v) is 13.5. The highest BCUT2D eigenvalue weighted by Gasteiger charge is 2.29. The molecule has 1 aliphatic heterocycles. The van der Waals surface area contributed by atoms with Crippen LogP contribution in [0.3, 0.4) is 0 Å². The van der Waals surface area contributed by atoms with Crippen LogP contribution in [0.25, 0.3) is 0 Å². The molecule has 0 unspecified atom stereocenters. The lowest BCUT2D eigenvalue weighted by Gasteiger charge is -2.35. The SMILES string of the molecule is CC(C)N1CCC(Nc2ccc(NC(=O)C3CC3)nc2)CC1. The number of carbonyl (C=O) groups excluding carboxylic acids is 1. The van der Waals surface area contributed by atoms with Crippen molar-refractivity contribution < 1.29 is 4.79 Å². The van der Waals surface area contributed by atoms with Gasteiger partial charge >= 0.3 is 0 Å². The molecule has 1 saturated heterocycles. The molecule has 1 aromatic heterocycles. The summed E-state index contributed by atoms with van der Waals surface area (Å²) < 4.78 is 0. The number of nitrogens with zero attached hydrogens (tertiary/aromatic N) is 2. The van der Waals surface area contributed by atoms with Crippen LogP contribution in [-0.2, 0) is 4.79 Å². The average Bonchev–Trinajstić information content (AvgIpc) is 3.34. The van der Waals surface area contributed by atoms with E-state index in [1.54, 1.807) is 0 Å². The largest absolute Gasteiger partial charge is 0.381 e. The van der Waals surface area contributed by atoms with Gasteiger partial charge in [-0.3, -0.25) is 4.79 Å². The van der Waals surface area contributed by atoms with Gasteiger partial charge in [-0.05, 0) is 51.7 Å². The van der Waals surface area contributed by atoms with E-state index in [0.717, 1.165) is 31.6 Å². The van der Waals surface area contributed by atoms with Gasteiger partial charge in [0.2, 0.25) is 5.91 Å². The molecule has 1 aromatic rings. The summed E-state index contributed by atoms with van der Waals surface area (Å²) >= 11 is 0. The van der Waals surface area contributed by atoms with Gasteiger partial charge in [-0.1, -0.05) is 0 Å². The van der Waals surface area contributed by atoms with Gasteiger partial charge in [-0.25, -0.2) is 4.98 Å². The van der Waals surface area contributed by atoms with Crippen molar-refractivity contribution in [1.29, 1.82) is 0 Å². The molecule has 120 valence electrons. The highest BCUT2D eigenvalue weighted by atomic mass is 16.2. The predicted octanol–water partition coefficient (Wildman–Crippen LogP) is 2.71. The Bertz CT molecular complexity index is 502. The van der Waals surface area contributed by atoms with Crippen molar-refractivity contribution in [2.75, 3.05) is 23.7 Å². The Morgan fingerprint density at radius 3 is 2.50 bits per heavy atom.